The highest BCUT2D eigenvalue weighted by Crippen LogP contribution is 2.22. The molecule has 1 unspecified atom stereocenters. The van der Waals surface area contributed by atoms with Gasteiger partial charge in [-0.3, -0.25) is 9.69 Å². The molecule has 1 atom stereocenters. The van der Waals surface area contributed by atoms with Crippen LogP contribution >= 0.6 is 11.3 Å². The molecule has 0 aliphatic carbocycles. The molecule has 1 saturated heterocycles. The molecule has 3 rings (SSSR count). The largest absolute Gasteiger partial charge is 0.355 e. The fourth-order valence-electron chi connectivity index (χ4n) is 3.06. The van der Waals surface area contributed by atoms with E-state index in [0.29, 0.717) is 25.4 Å². The third kappa shape index (κ3) is 5.09. The van der Waals surface area contributed by atoms with Gasteiger partial charge in [-0.05, 0) is 57.1 Å². The molecule has 6 heteroatoms. The fraction of sp³-hybridized carbons (Fsp3) is 0.474. The molecule has 1 N–H and O–H groups in total. The molecule has 1 aromatic heterocycles. The van der Waals surface area contributed by atoms with Crippen LogP contribution in [0.4, 0.5) is 4.39 Å². The molecule has 1 aromatic carbocycles. The molecule has 1 aliphatic rings. The number of carbonyl (C=O) groups is 1. The lowest BCUT2D eigenvalue weighted by atomic mass is 10.2. The van der Waals surface area contributed by atoms with Crippen LogP contribution in [-0.4, -0.2) is 41.5 Å². The Kier molecular flexibility index (Phi) is 6.15. The first-order valence-corrected chi connectivity index (χ1v) is 9.71. The minimum atomic E-state index is -0.251. The van der Waals surface area contributed by atoms with E-state index in [9.17, 15) is 9.18 Å². The quantitative estimate of drug-likeness (QED) is 0.821. The van der Waals surface area contributed by atoms with Crippen molar-refractivity contribution in [3.63, 3.8) is 0 Å². The van der Waals surface area contributed by atoms with Gasteiger partial charge in [-0.2, -0.15) is 0 Å². The van der Waals surface area contributed by atoms with Crippen LogP contribution in [0.3, 0.4) is 0 Å². The van der Waals surface area contributed by atoms with Gasteiger partial charge < -0.3 is 5.32 Å². The number of thiazole rings is 1. The topological polar surface area (TPSA) is 45.2 Å². The van der Waals surface area contributed by atoms with Crippen molar-refractivity contribution in [1.29, 1.82) is 0 Å². The van der Waals surface area contributed by atoms with Crippen LogP contribution in [-0.2, 0) is 11.2 Å². The minimum Gasteiger partial charge on any atom is -0.355 e. The summed E-state index contributed by atoms with van der Waals surface area (Å²) in [6, 6.07) is 6.71. The van der Waals surface area contributed by atoms with Gasteiger partial charge in [0.25, 0.3) is 0 Å². The lowest BCUT2D eigenvalue weighted by molar-refractivity contribution is -0.121. The molecular formula is C19H24FN3OS. The smallest absolute Gasteiger partial charge is 0.220 e. The summed E-state index contributed by atoms with van der Waals surface area (Å²) in [5.41, 5.74) is 1.73. The van der Waals surface area contributed by atoms with Crippen molar-refractivity contribution in [3.8, 4) is 11.3 Å². The van der Waals surface area contributed by atoms with Crippen molar-refractivity contribution in [2.45, 2.75) is 38.6 Å². The van der Waals surface area contributed by atoms with Crippen molar-refractivity contribution >= 4 is 17.2 Å². The molecule has 0 radical (unpaired) electrons. The Morgan fingerprint density at radius 2 is 2.04 bits per heavy atom. The van der Waals surface area contributed by atoms with Crippen molar-refractivity contribution in [2.24, 2.45) is 0 Å². The predicted octanol–water partition coefficient (Wildman–Crippen LogP) is 3.48. The van der Waals surface area contributed by atoms with Crippen LogP contribution in [0.2, 0.25) is 0 Å². The van der Waals surface area contributed by atoms with E-state index in [1.54, 1.807) is 23.5 Å². The average Bonchev–Trinajstić information content (AvgIpc) is 3.30. The monoisotopic (exact) mass is 361 g/mol. The highest BCUT2D eigenvalue weighted by Gasteiger charge is 2.18. The number of likely N-dealkylation sites (tertiary alicyclic amines) is 1. The summed E-state index contributed by atoms with van der Waals surface area (Å²) in [7, 11) is 0. The van der Waals surface area contributed by atoms with Crippen LogP contribution in [0.5, 0.6) is 0 Å². The second-order valence-electron chi connectivity index (χ2n) is 6.53. The molecule has 1 fully saturated rings. The maximum Gasteiger partial charge on any atom is 0.220 e. The fourth-order valence-corrected chi connectivity index (χ4v) is 3.87. The van der Waals surface area contributed by atoms with E-state index >= 15 is 0 Å². The molecule has 0 saturated carbocycles. The minimum absolute atomic E-state index is 0.0737. The predicted molar refractivity (Wildman–Crippen MR) is 99.1 cm³/mol. The van der Waals surface area contributed by atoms with Crippen molar-refractivity contribution in [3.05, 3.63) is 40.5 Å². The number of hydrogen-bond acceptors (Lipinski definition) is 4. The number of nitrogens with one attached hydrogen (secondary N) is 1. The van der Waals surface area contributed by atoms with Crippen LogP contribution in [0.1, 0.15) is 31.2 Å². The molecule has 2 aromatic rings. The van der Waals surface area contributed by atoms with Crippen LogP contribution in [0.25, 0.3) is 11.3 Å². The normalized spacial score (nSPS) is 16.1. The highest BCUT2D eigenvalue weighted by molar-refractivity contribution is 7.09. The van der Waals surface area contributed by atoms with E-state index in [4.69, 9.17) is 0 Å². The van der Waals surface area contributed by atoms with E-state index in [1.807, 2.05) is 5.38 Å². The third-order valence-electron chi connectivity index (χ3n) is 4.62. The first kappa shape index (κ1) is 18.0. The molecule has 2 heterocycles. The number of aryl methyl sites for hydroxylation is 1. The zero-order chi connectivity index (χ0) is 17.6. The number of amides is 1. The Morgan fingerprint density at radius 3 is 2.76 bits per heavy atom. The number of nitrogens with zero attached hydrogens (tertiary/aromatic N) is 2. The number of rotatable bonds is 7. The summed E-state index contributed by atoms with van der Waals surface area (Å²) in [5.74, 6) is -0.177. The number of hydrogen-bond donors (Lipinski definition) is 1. The van der Waals surface area contributed by atoms with Gasteiger partial charge in [0.2, 0.25) is 5.91 Å². The summed E-state index contributed by atoms with van der Waals surface area (Å²) < 4.78 is 13.0. The maximum atomic E-state index is 13.0. The van der Waals surface area contributed by atoms with Gasteiger partial charge in [-0.25, -0.2) is 9.37 Å². The SMILES string of the molecule is CC(CNC(=O)CCc1nc(-c2ccc(F)cc2)cs1)N1CCCC1. The second-order valence-corrected chi connectivity index (χ2v) is 7.47. The lowest BCUT2D eigenvalue weighted by Gasteiger charge is -2.23. The van der Waals surface area contributed by atoms with Gasteiger partial charge in [0.05, 0.1) is 10.7 Å². The van der Waals surface area contributed by atoms with Gasteiger partial charge in [0, 0.05) is 36.4 Å². The molecular weight excluding hydrogens is 337 g/mol. The molecule has 1 amide bonds. The zero-order valence-corrected chi connectivity index (χ0v) is 15.3. The number of halogens is 1. The van der Waals surface area contributed by atoms with Gasteiger partial charge in [-0.15, -0.1) is 11.3 Å². The van der Waals surface area contributed by atoms with Gasteiger partial charge in [-0.1, -0.05) is 0 Å². The van der Waals surface area contributed by atoms with E-state index in [2.05, 4.69) is 22.1 Å². The first-order valence-electron chi connectivity index (χ1n) is 8.83. The standard InChI is InChI=1S/C19H24FN3OS/c1-14(23-10-2-3-11-23)12-21-18(24)8-9-19-22-17(13-25-19)15-4-6-16(20)7-5-15/h4-7,13-14H,2-3,8-12H2,1H3,(H,21,24). The van der Waals surface area contributed by atoms with Crippen LogP contribution in [0.15, 0.2) is 29.6 Å². The third-order valence-corrected chi connectivity index (χ3v) is 5.52. The van der Waals surface area contributed by atoms with Gasteiger partial charge in [0.15, 0.2) is 0 Å². The Balaban J connectivity index is 1.43. The van der Waals surface area contributed by atoms with Crippen molar-refractivity contribution in [2.75, 3.05) is 19.6 Å². The average molecular weight is 361 g/mol. The van der Waals surface area contributed by atoms with E-state index < -0.39 is 0 Å². The molecule has 1 aliphatic heterocycles. The summed E-state index contributed by atoms with van der Waals surface area (Å²) in [5, 5.41) is 5.92. The number of carbonyl (C=O) groups excluding carboxylic acids is 1. The molecule has 25 heavy (non-hydrogen) atoms. The summed E-state index contributed by atoms with van der Waals surface area (Å²) in [6.45, 7) is 5.16. The molecule has 0 spiro atoms. The molecule has 0 bridgehead atoms. The van der Waals surface area contributed by atoms with Crippen LogP contribution < -0.4 is 5.32 Å². The Hall–Kier alpha value is -1.79. The summed E-state index contributed by atoms with van der Waals surface area (Å²) >= 11 is 1.54. The van der Waals surface area contributed by atoms with Crippen LogP contribution in [0, 0.1) is 5.82 Å². The lowest BCUT2D eigenvalue weighted by Crippen LogP contribution is -2.40. The van der Waals surface area contributed by atoms with E-state index in [0.717, 1.165) is 29.4 Å². The molecule has 4 nitrogen and oxygen atoms in total. The van der Waals surface area contributed by atoms with E-state index in [-0.39, 0.29) is 11.7 Å². The Morgan fingerprint density at radius 1 is 1.32 bits per heavy atom. The maximum absolute atomic E-state index is 13.0. The molecule has 134 valence electrons. The Bertz CT molecular complexity index is 695. The van der Waals surface area contributed by atoms with E-state index in [1.165, 1.54) is 25.0 Å². The zero-order valence-electron chi connectivity index (χ0n) is 14.5. The summed E-state index contributed by atoms with van der Waals surface area (Å²) in [6.07, 6.45) is 3.61. The Labute approximate surface area is 152 Å². The highest BCUT2D eigenvalue weighted by atomic mass is 32.1. The number of benzene rings is 1. The van der Waals surface area contributed by atoms with Crippen molar-refractivity contribution in [1.82, 2.24) is 15.2 Å². The first-order chi connectivity index (χ1) is 12.1. The summed E-state index contributed by atoms with van der Waals surface area (Å²) in [4.78, 5) is 19.0. The number of aromatic nitrogens is 1. The van der Waals surface area contributed by atoms with Gasteiger partial charge >= 0.3 is 0 Å². The second kappa shape index (κ2) is 8.54. The van der Waals surface area contributed by atoms with Crippen molar-refractivity contribution < 1.29 is 9.18 Å². The van der Waals surface area contributed by atoms with Gasteiger partial charge in [0.1, 0.15) is 5.82 Å².